The minimum atomic E-state index is -0.129. The van der Waals surface area contributed by atoms with Crippen molar-refractivity contribution in [1.82, 2.24) is 14.8 Å². The van der Waals surface area contributed by atoms with Crippen LogP contribution in [0.15, 0.2) is 24.4 Å². The normalized spacial score (nSPS) is 9.79. The zero-order valence-corrected chi connectivity index (χ0v) is 11.6. The summed E-state index contributed by atoms with van der Waals surface area (Å²) in [6, 6.07) is 5.28. The Hall–Kier alpha value is -2.08. The fraction of sp³-hybridized carbons (Fsp3) is 0.250. The highest BCUT2D eigenvalue weighted by Gasteiger charge is 2.08. The molecule has 2 heterocycles. The zero-order valence-electron chi connectivity index (χ0n) is 10.8. The summed E-state index contributed by atoms with van der Waals surface area (Å²) in [7, 11) is 1.78. The van der Waals surface area contributed by atoms with Crippen LogP contribution in [0.4, 0.5) is 11.5 Å². The van der Waals surface area contributed by atoms with Gasteiger partial charge in [0.25, 0.3) is 0 Å². The van der Waals surface area contributed by atoms with Gasteiger partial charge < -0.3 is 11.1 Å². The molecule has 3 N–H and O–H groups in total. The first-order valence-electron chi connectivity index (χ1n) is 5.55. The van der Waals surface area contributed by atoms with Gasteiger partial charge in [0.15, 0.2) is 0 Å². The lowest BCUT2D eigenvalue weighted by molar-refractivity contribution is -0.115. The second kappa shape index (κ2) is 6.19. The van der Waals surface area contributed by atoms with Crippen molar-refractivity contribution in [1.29, 1.82) is 0 Å². The molecule has 0 unspecified atom stereocenters. The SMILES string of the molecule is Cc1cc(NC(=O)Cc2ccc(N)cn2)n(C)n1.Cl. The van der Waals surface area contributed by atoms with Crippen LogP contribution in [0.1, 0.15) is 11.4 Å². The zero-order chi connectivity index (χ0) is 13.1. The third kappa shape index (κ3) is 3.96. The highest BCUT2D eigenvalue weighted by atomic mass is 35.5. The van der Waals surface area contributed by atoms with Crippen LogP contribution in [-0.2, 0) is 18.3 Å². The molecule has 0 fully saturated rings. The van der Waals surface area contributed by atoms with Crippen molar-refractivity contribution in [3.63, 3.8) is 0 Å². The van der Waals surface area contributed by atoms with Crippen LogP contribution in [0, 0.1) is 6.92 Å². The molecule has 0 atom stereocenters. The van der Waals surface area contributed by atoms with Gasteiger partial charge in [0.1, 0.15) is 5.82 Å². The number of nitrogens with one attached hydrogen (secondary N) is 1. The molecular formula is C12H16ClN5O. The molecule has 2 aromatic heterocycles. The van der Waals surface area contributed by atoms with E-state index < -0.39 is 0 Å². The Morgan fingerprint density at radius 3 is 2.74 bits per heavy atom. The fourth-order valence-corrected chi connectivity index (χ4v) is 1.62. The molecule has 102 valence electrons. The van der Waals surface area contributed by atoms with Crippen LogP contribution in [0.2, 0.25) is 0 Å². The average Bonchev–Trinajstić information content (AvgIpc) is 2.61. The van der Waals surface area contributed by atoms with Crippen molar-refractivity contribution < 1.29 is 4.79 Å². The summed E-state index contributed by atoms with van der Waals surface area (Å²) in [6.45, 7) is 1.87. The number of nitrogens with two attached hydrogens (primary N) is 1. The maximum absolute atomic E-state index is 11.8. The molecule has 7 heteroatoms. The molecule has 2 aromatic rings. The number of hydrogen-bond donors (Lipinski definition) is 2. The van der Waals surface area contributed by atoms with Crippen LogP contribution in [0.25, 0.3) is 0 Å². The standard InChI is InChI=1S/C12H15N5O.ClH/c1-8-5-11(17(2)16-8)15-12(18)6-10-4-3-9(13)7-14-10;/h3-5,7H,6,13H2,1-2H3,(H,15,18);1H. The lowest BCUT2D eigenvalue weighted by Crippen LogP contribution is -2.17. The molecule has 1 amide bonds. The number of halogens is 1. The molecule has 0 saturated heterocycles. The van der Waals surface area contributed by atoms with Gasteiger partial charge in [0.2, 0.25) is 5.91 Å². The molecule has 0 spiro atoms. The number of aromatic nitrogens is 3. The van der Waals surface area contributed by atoms with E-state index >= 15 is 0 Å². The summed E-state index contributed by atoms with van der Waals surface area (Å²) >= 11 is 0. The van der Waals surface area contributed by atoms with Crippen LogP contribution >= 0.6 is 12.4 Å². The van der Waals surface area contributed by atoms with Gasteiger partial charge in [-0.25, -0.2) is 0 Å². The Balaban J connectivity index is 0.00000180. The fourth-order valence-electron chi connectivity index (χ4n) is 1.62. The lowest BCUT2D eigenvalue weighted by atomic mass is 10.2. The van der Waals surface area contributed by atoms with Crippen molar-refractivity contribution in [2.24, 2.45) is 7.05 Å². The Labute approximate surface area is 117 Å². The number of nitrogens with zero attached hydrogens (tertiary/aromatic N) is 3. The third-order valence-electron chi connectivity index (χ3n) is 2.46. The molecule has 6 nitrogen and oxygen atoms in total. The molecule has 0 aromatic carbocycles. The van der Waals surface area contributed by atoms with E-state index in [9.17, 15) is 4.79 Å². The summed E-state index contributed by atoms with van der Waals surface area (Å²) < 4.78 is 1.63. The maximum atomic E-state index is 11.8. The molecule has 0 saturated carbocycles. The van der Waals surface area contributed by atoms with E-state index in [4.69, 9.17) is 5.73 Å². The highest BCUT2D eigenvalue weighted by molar-refractivity contribution is 5.91. The first kappa shape index (κ1) is 15.0. The summed E-state index contributed by atoms with van der Waals surface area (Å²) in [6.07, 6.45) is 1.75. The molecule has 2 rings (SSSR count). The number of pyridine rings is 1. The van der Waals surface area contributed by atoms with Gasteiger partial charge in [-0.1, -0.05) is 0 Å². The molecule has 0 aliphatic carbocycles. The van der Waals surface area contributed by atoms with Crippen LogP contribution in [0.3, 0.4) is 0 Å². The highest BCUT2D eigenvalue weighted by Crippen LogP contribution is 2.09. The lowest BCUT2D eigenvalue weighted by Gasteiger charge is -2.04. The van der Waals surface area contributed by atoms with Gasteiger partial charge in [-0.15, -0.1) is 12.4 Å². The van der Waals surface area contributed by atoms with Crippen LogP contribution in [-0.4, -0.2) is 20.7 Å². The number of amides is 1. The van der Waals surface area contributed by atoms with E-state index in [1.54, 1.807) is 23.9 Å². The minimum Gasteiger partial charge on any atom is -0.397 e. The molecule has 0 bridgehead atoms. The molecule has 0 aliphatic rings. The van der Waals surface area contributed by atoms with Gasteiger partial charge in [-0.05, 0) is 19.1 Å². The Morgan fingerprint density at radius 2 is 2.21 bits per heavy atom. The first-order chi connectivity index (χ1) is 8.54. The Bertz CT molecular complexity index is 564. The third-order valence-corrected chi connectivity index (χ3v) is 2.46. The monoisotopic (exact) mass is 281 g/mol. The number of carbonyl (C=O) groups is 1. The Kier molecular flexibility index (Phi) is 4.88. The van der Waals surface area contributed by atoms with Crippen molar-refractivity contribution in [3.05, 3.63) is 35.8 Å². The number of hydrogen-bond acceptors (Lipinski definition) is 4. The Morgan fingerprint density at radius 1 is 1.47 bits per heavy atom. The van der Waals surface area contributed by atoms with E-state index in [0.29, 0.717) is 17.2 Å². The maximum Gasteiger partial charge on any atom is 0.231 e. The predicted octanol–water partition coefficient (Wildman–Crippen LogP) is 1.31. The second-order valence-electron chi connectivity index (χ2n) is 4.10. The van der Waals surface area contributed by atoms with Crippen LogP contribution in [0.5, 0.6) is 0 Å². The predicted molar refractivity (Wildman–Crippen MR) is 76.2 cm³/mol. The average molecular weight is 282 g/mol. The first-order valence-corrected chi connectivity index (χ1v) is 5.55. The summed E-state index contributed by atoms with van der Waals surface area (Å²) in [5, 5.41) is 6.94. The topological polar surface area (TPSA) is 85.8 Å². The minimum absolute atomic E-state index is 0. The number of carbonyl (C=O) groups excluding carboxylic acids is 1. The largest absolute Gasteiger partial charge is 0.397 e. The van der Waals surface area contributed by atoms with Crippen LogP contribution < -0.4 is 11.1 Å². The summed E-state index contributed by atoms with van der Waals surface area (Å²) in [5.74, 6) is 0.545. The van der Waals surface area contributed by atoms with Crippen molar-refractivity contribution >= 4 is 29.8 Å². The smallest absolute Gasteiger partial charge is 0.231 e. The van der Waals surface area contributed by atoms with E-state index in [0.717, 1.165) is 5.69 Å². The molecule has 0 aliphatic heterocycles. The molecule has 0 radical (unpaired) electrons. The van der Waals surface area contributed by atoms with Gasteiger partial charge in [0.05, 0.1) is 24.0 Å². The van der Waals surface area contributed by atoms with E-state index in [1.807, 2.05) is 13.0 Å². The van der Waals surface area contributed by atoms with Crippen molar-refractivity contribution in [2.75, 3.05) is 11.1 Å². The summed E-state index contributed by atoms with van der Waals surface area (Å²) in [4.78, 5) is 15.9. The van der Waals surface area contributed by atoms with Crippen molar-refractivity contribution in [2.45, 2.75) is 13.3 Å². The quantitative estimate of drug-likeness (QED) is 0.888. The second-order valence-corrected chi connectivity index (χ2v) is 4.10. The van der Waals surface area contributed by atoms with Gasteiger partial charge >= 0.3 is 0 Å². The van der Waals surface area contributed by atoms with E-state index in [2.05, 4.69) is 15.4 Å². The number of rotatable bonds is 3. The molecule has 19 heavy (non-hydrogen) atoms. The summed E-state index contributed by atoms with van der Waals surface area (Å²) in [5.41, 5.74) is 7.65. The van der Waals surface area contributed by atoms with E-state index in [1.165, 1.54) is 6.20 Å². The van der Waals surface area contributed by atoms with Gasteiger partial charge in [-0.2, -0.15) is 5.10 Å². The molecular weight excluding hydrogens is 266 g/mol. The number of anilines is 2. The van der Waals surface area contributed by atoms with Gasteiger partial charge in [0, 0.05) is 18.8 Å². The number of aryl methyl sites for hydroxylation is 2. The number of nitrogen functional groups attached to an aromatic ring is 1. The van der Waals surface area contributed by atoms with Gasteiger partial charge in [-0.3, -0.25) is 14.5 Å². The van der Waals surface area contributed by atoms with Crippen molar-refractivity contribution in [3.8, 4) is 0 Å². The van der Waals surface area contributed by atoms with E-state index in [-0.39, 0.29) is 24.7 Å².